The summed E-state index contributed by atoms with van der Waals surface area (Å²) in [5.41, 5.74) is 3.22. The molecule has 0 saturated carbocycles. The number of unbranched alkanes of at least 4 members (excludes halogenated alkanes) is 1. The van der Waals surface area contributed by atoms with E-state index >= 15 is 0 Å². The molecule has 7 heteroatoms. The van der Waals surface area contributed by atoms with E-state index in [2.05, 4.69) is 46.5 Å². The highest BCUT2D eigenvalue weighted by Gasteiger charge is 2.21. The van der Waals surface area contributed by atoms with Crippen molar-refractivity contribution in [1.82, 2.24) is 20.0 Å². The number of anilines is 1. The van der Waals surface area contributed by atoms with Crippen LogP contribution in [-0.4, -0.2) is 53.3 Å². The van der Waals surface area contributed by atoms with Gasteiger partial charge in [0.25, 0.3) is 0 Å². The van der Waals surface area contributed by atoms with Gasteiger partial charge in [-0.05, 0) is 25.5 Å². The molecule has 158 valence electrons. The average molecular weight is 418 g/mol. The van der Waals surface area contributed by atoms with Gasteiger partial charge in [0, 0.05) is 63.5 Å². The van der Waals surface area contributed by atoms with Crippen molar-refractivity contribution in [3.8, 4) is 0 Å². The van der Waals surface area contributed by atoms with Gasteiger partial charge in [0.1, 0.15) is 5.15 Å². The molecule has 1 aromatic carbocycles. The Kier molecular flexibility index (Phi) is 7.95. The van der Waals surface area contributed by atoms with E-state index in [1.54, 1.807) is 0 Å². The second kappa shape index (κ2) is 10.6. The molecule has 2 heterocycles. The van der Waals surface area contributed by atoms with Crippen LogP contribution in [0.15, 0.2) is 30.3 Å². The zero-order valence-electron chi connectivity index (χ0n) is 17.5. The third-order valence-corrected chi connectivity index (χ3v) is 5.90. The van der Waals surface area contributed by atoms with Crippen LogP contribution in [0, 0.1) is 6.92 Å². The zero-order chi connectivity index (χ0) is 20.6. The molecule has 0 radical (unpaired) electrons. The van der Waals surface area contributed by atoms with Gasteiger partial charge in [-0.1, -0.05) is 43.1 Å². The highest BCUT2D eigenvalue weighted by atomic mass is 35.5. The number of para-hydroxylation sites is 1. The van der Waals surface area contributed by atoms with Gasteiger partial charge in [-0.3, -0.25) is 9.48 Å². The van der Waals surface area contributed by atoms with Crippen molar-refractivity contribution in [2.45, 2.75) is 46.2 Å². The highest BCUT2D eigenvalue weighted by Crippen LogP contribution is 2.20. The summed E-state index contributed by atoms with van der Waals surface area (Å²) in [5, 5.41) is 8.61. The average Bonchev–Trinajstić information content (AvgIpc) is 3.03. The zero-order valence-corrected chi connectivity index (χ0v) is 18.3. The number of halogens is 1. The Labute approximate surface area is 178 Å². The number of hydrogen-bond donors (Lipinski definition) is 1. The maximum Gasteiger partial charge on any atom is 0.223 e. The van der Waals surface area contributed by atoms with Crippen LogP contribution in [0.1, 0.15) is 37.4 Å². The Balaban J connectivity index is 1.39. The summed E-state index contributed by atoms with van der Waals surface area (Å²) in [6, 6.07) is 10.4. The first kappa shape index (κ1) is 21.7. The van der Waals surface area contributed by atoms with E-state index in [9.17, 15) is 4.79 Å². The number of nitrogens with zero attached hydrogens (tertiary/aromatic N) is 4. The van der Waals surface area contributed by atoms with Crippen molar-refractivity contribution in [3.05, 3.63) is 46.7 Å². The SMILES string of the molecule is CCCCn1nc(C)c(CNCCC(=O)N2CCN(c3ccccc3)CC2)c1Cl. The fraction of sp³-hybridized carbons (Fsp3) is 0.545. The minimum Gasteiger partial charge on any atom is -0.368 e. The summed E-state index contributed by atoms with van der Waals surface area (Å²) in [4.78, 5) is 16.8. The van der Waals surface area contributed by atoms with Crippen molar-refractivity contribution in [3.63, 3.8) is 0 Å². The van der Waals surface area contributed by atoms with Gasteiger partial charge in [0.05, 0.1) is 5.69 Å². The molecule has 0 bridgehead atoms. The Morgan fingerprint density at radius 3 is 2.59 bits per heavy atom. The van der Waals surface area contributed by atoms with E-state index in [0.717, 1.165) is 56.8 Å². The van der Waals surface area contributed by atoms with Crippen LogP contribution >= 0.6 is 11.6 Å². The lowest BCUT2D eigenvalue weighted by molar-refractivity contribution is -0.131. The molecule has 3 rings (SSSR count). The standard InChI is InChI=1S/C22H32ClN5O/c1-3-4-12-28-22(23)20(18(2)25-28)17-24-11-10-21(29)27-15-13-26(14-16-27)19-8-6-5-7-9-19/h5-9,24H,3-4,10-17H2,1-2H3. The third-order valence-electron chi connectivity index (χ3n) is 5.48. The molecule has 0 unspecified atom stereocenters. The van der Waals surface area contributed by atoms with Crippen LogP contribution < -0.4 is 10.2 Å². The number of aromatic nitrogens is 2. The van der Waals surface area contributed by atoms with Crippen molar-refractivity contribution in [1.29, 1.82) is 0 Å². The number of hydrogen-bond acceptors (Lipinski definition) is 4. The van der Waals surface area contributed by atoms with Crippen LogP contribution in [0.25, 0.3) is 0 Å². The first-order valence-corrected chi connectivity index (χ1v) is 11.0. The molecule has 1 aliphatic heterocycles. The first-order valence-electron chi connectivity index (χ1n) is 10.6. The van der Waals surface area contributed by atoms with Gasteiger partial charge in [0.2, 0.25) is 5.91 Å². The summed E-state index contributed by atoms with van der Waals surface area (Å²) in [7, 11) is 0. The number of nitrogens with one attached hydrogen (secondary N) is 1. The summed E-state index contributed by atoms with van der Waals surface area (Å²) in [6.45, 7) is 9.62. The molecule has 1 saturated heterocycles. The van der Waals surface area contributed by atoms with Gasteiger partial charge in [0.15, 0.2) is 0 Å². The summed E-state index contributed by atoms with van der Waals surface area (Å²) in [6.07, 6.45) is 2.69. The quantitative estimate of drug-likeness (QED) is 0.635. The van der Waals surface area contributed by atoms with Gasteiger partial charge < -0.3 is 15.1 Å². The maximum atomic E-state index is 12.5. The molecule has 6 nitrogen and oxygen atoms in total. The lowest BCUT2D eigenvalue weighted by Gasteiger charge is -2.36. The molecule has 1 fully saturated rings. The van der Waals surface area contributed by atoms with E-state index in [0.29, 0.717) is 24.7 Å². The smallest absolute Gasteiger partial charge is 0.223 e. The molecule has 1 N–H and O–H groups in total. The van der Waals surface area contributed by atoms with Crippen molar-refractivity contribution in [2.75, 3.05) is 37.6 Å². The minimum absolute atomic E-state index is 0.215. The Morgan fingerprint density at radius 2 is 1.90 bits per heavy atom. The minimum atomic E-state index is 0.215. The van der Waals surface area contributed by atoms with Gasteiger partial charge >= 0.3 is 0 Å². The number of carbonyl (C=O) groups excluding carboxylic acids is 1. The monoisotopic (exact) mass is 417 g/mol. The number of piperazine rings is 1. The molecule has 1 amide bonds. The van der Waals surface area contributed by atoms with E-state index in [1.165, 1.54) is 5.69 Å². The Bertz CT molecular complexity index is 784. The van der Waals surface area contributed by atoms with Crippen LogP contribution in [-0.2, 0) is 17.9 Å². The van der Waals surface area contributed by atoms with Crippen LogP contribution in [0.4, 0.5) is 5.69 Å². The van der Waals surface area contributed by atoms with Gasteiger partial charge in [-0.25, -0.2) is 0 Å². The lowest BCUT2D eigenvalue weighted by atomic mass is 10.2. The fourth-order valence-electron chi connectivity index (χ4n) is 3.67. The molecule has 0 spiro atoms. The molecule has 1 aliphatic rings. The Morgan fingerprint density at radius 1 is 1.17 bits per heavy atom. The molecular formula is C22H32ClN5O. The summed E-state index contributed by atoms with van der Waals surface area (Å²) < 4.78 is 1.88. The normalized spacial score (nSPS) is 14.4. The highest BCUT2D eigenvalue weighted by molar-refractivity contribution is 6.30. The second-order valence-electron chi connectivity index (χ2n) is 7.56. The molecule has 0 atom stereocenters. The van der Waals surface area contributed by atoms with Crippen molar-refractivity contribution in [2.24, 2.45) is 0 Å². The fourth-order valence-corrected chi connectivity index (χ4v) is 3.99. The van der Waals surface area contributed by atoms with Gasteiger partial charge in [-0.2, -0.15) is 5.10 Å². The number of benzene rings is 1. The predicted octanol–water partition coefficient (Wildman–Crippen LogP) is 3.47. The number of amides is 1. The summed E-state index contributed by atoms with van der Waals surface area (Å²) >= 11 is 6.47. The topological polar surface area (TPSA) is 53.4 Å². The number of aryl methyl sites for hydroxylation is 2. The van der Waals surface area contributed by atoms with Crippen LogP contribution in [0.5, 0.6) is 0 Å². The number of rotatable bonds is 9. The van der Waals surface area contributed by atoms with E-state index in [1.807, 2.05) is 22.6 Å². The Hall–Kier alpha value is -2.05. The van der Waals surface area contributed by atoms with Crippen molar-refractivity contribution < 1.29 is 4.79 Å². The maximum absolute atomic E-state index is 12.5. The molecule has 29 heavy (non-hydrogen) atoms. The molecule has 1 aromatic heterocycles. The van der Waals surface area contributed by atoms with Gasteiger partial charge in [-0.15, -0.1) is 0 Å². The third kappa shape index (κ3) is 5.73. The number of carbonyl (C=O) groups is 1. The van der Waals surface area contributed by atoms with Crippen LogP contribution in [0.2, 0.25) is 5.15 Å². The van der Waals surface area contributed by atoms with E-state index in [-0.39, 0.29) is 5.91 Å². The first-order chi connectivity index (χ1) is 14.1. The summed E-state index contributed by atoms with van der Waals surface area (Å²) in [5.74, 6) is 0.215. The van der Waals surface area contributed by atoms with E-state index in [4.69, 9.17) is 11.6 Å². The predicted molar refractivity (Wildman–Crippen MR) is 118 cm³/mol. The molecular weight excluding hydrogens is 386 g/mol. The molecule has 2 aromatic rings. The largest absolute Gasteiger partial charge is 0.368 e. The lowest BCUT2D eigenvalue weighted by Crippen LogP contribution is -2.49. The van der Waals surface area contributed by atoms with E-state index < -0.39 is 0 Å². The van der Waals surface area contributed by atoms with Crippen LogP contribution in [0.3, 0.4) is 0 Å². The van der Waals surface area contributed by atoms with Crippen molar-refractivity contribution >= 4 is 23.2 Å². The molecule has 0 aliphatic carbocycles. The second-order valence-corrected chi connectivity index (χ2v) is 7.92.